The van der Waals surface area contributed by atoms with E-state index < -0.39 is 6.04 Å². The lowest BCUT2D eigenvalue weighted by atomic mass is 9.94. The Balaban J connectivity index is 1.78. The maximum atomic E-state index is 13.0. The highest BCUT2D eigenvalue weighted by molar-refractivity contribution is 5.87. The molecule has 1 aliphatic heterocycles. The predicted molar refractivity (Wildman–Crippen MR) is 126 cm³/mol. The number of nitrogens with one attached hydrogen (secondary N) is 1. The Morgan fingerprint density at radius 3 is 2.56 bits per heavy atom. The first kappa shape index (κ1) is 23.2. The summed E-state index contributed by atoms with van der Waals surface area (Å²) in [6.45, 7) is 4.51. The normalized spacial score (nSPS) is 15.9. The minimum atomic E-state index is -0.591. The molecule has 9 heteroatoms. The van der Waals surface area contributed by atoms with E-state index in [9.17, 15) is 9.90 Å². The number of hydrogen-bond donors (Lipinski definition) is 2. The molecule has 0 spiro atoms. The Morgan fingerprint density at radius 2 is 1.91 bits per heavy atom. The number of allylic oxidation sites excluding steroid dienone is 1. The fourth-order valence-corrected chi connectivity index (χ4v) is 3.97. The van der Waals surface area contributed by atoms with Crippen molar-refractivity contribution in [3.05, 3.63) is 59.6 Å². The van der Waals surface area contributed by atoms with E-state index in [0.717, 1.165) is 29.9 Å². The number of carbonyl (C=O) groups is 1. The van der Waals surface area contributed by atoms with Gasteiger partial charge >= 0.3 is 6.03 Å². The zero-order valence-electron chi connectivity index (χ0n) is 19.7. The minimum Gasteiger partial charge on any atom is -0.504 e. The van der Waals surface area contributed by atoms with Gasteiger partial charge in [0.25, 0.3) is 5.89 Å². The number of nitrogens with zero attached hydrogens (tertiary/aromatic N) is 3. The molecule has 4 rings (SSSR count). The van der Waals surface area contributed by atoms with E-state index in [1.165, 1.54) is 7.11 Å². The van der Waals surface area contributed by atoms with Crippen LogP contribution < -0.4 is 14.8 Å². The van der Waals surface area contributed by atoms with Gasteiger partial charge in [0.05, 0.1) is 25.8 Å². The third kappa shape index (κ3) is 4.41. The van der Waals surface area contributed by atoms with E-state index in [-0.39, 0.29) is 11.8 Å². The molecule has 1 aliphatic rings. The number of phenols is 1. The number of carbonyl (C=O) groups excluding carboxylic acids is 1. The minimum absolute atomic E-state index is 0.0240. The predicted octanol–water partition coefficient (Wildman–Crippen LogP) is 4.76. The van der Waals surface area contributed by atoms with Gasteiger partial charge in [-0.2, -0.15) is 4.98 Å². The van der Waals surface area contributed by atoms with Crippen molar-refractivity contribution in [2.75, 3.05) is 20.8 Å². The lowest BCUT2D eigenvalue weighted by Gasteiger charge is -2.35. The molecule has 1 unspecified atom stereocenters. The number of phenolic OH excluding ortho intramolecular Hbond substituents is 1. The van der Waals surface area contributed by atoms with Crippen LogP contribution in [0.25, 0.3) is 17.0 Å². The van der Waals surface area contributed by atoms with Crippen molar-refractivity contribution in [2.45, 2.75) is 32.7 Å². The van der Waals surface area contributed by atoms with E-state index in [2.05, 4.69) is 22.4 Å². The van der Waals surface area contributed by atoms with Crippen LogP contribution in [0, 0.1) is 0 Å². The summed E-state index contributed by atoms with van der Waals surface area (Å²) < 4.78 is 16.1. The largest absolute Gasteiger partial charge is 0.504 e. The molecule has 0 saturated carbocycles. The van der Waals surface area contributed by atoms with E-state index in [1.54, 1.807) is 30.2 Å². The number of urea groups is 1. The molecule has 0 radical (unpaired) electrons. The van der Waals surface area contributed by atoms with Crippen molar-refractivity contribution in [3.8, 4) is 28.6 Å². The Labute approximate surface area is 198 Å². The Morgan fingerprint density at radius 1 is 1.15 bits per heavy atom. The molecular weight excluding hydrogens is 436 g/mol. The molecule has 2 heterocycles. The lowest BCUT2D eigenvalue weighted by molar-refractivity contribution is 0.204. The number of unbranched alkanes of at least 4 members (excludes halogenated alkanes) is 1. The van der Waals surface area contributed by atoms with E-state index in [4.69, 9.17) is 14.0 Å². The summed E-state index contributed by atoms with van der Waals surface area (Å²) in [5.41, 5.74) is 2.84. The topological polar surface area (TPSA) is 110 Å². The van der Waals surface area contributed by atoms with Gasteiger partial charge in [-0.15, -0.1) is 0 Å². The second-order valence-electron chi connectivity index (χ2n) is 7.97. The molecule has 178 valence electrons. The summed E-state index contributed by atoms with van der Waals surface area (Å²) in [5.74, 6) is 1.77. The van der Waals surface area contributed by atoms with Crippen LogP contribution in [0.15, 0.2) is 52.7 Å². The van der Waals surface area contributed by atoms with Crippen LogP contribution in [0.5, 0.6) is 17.2 Å². The zero-order valence-corrected chi connectivity index (χ0v) is 19.7. The molecule has 0 bridgehead atoms. The zero-order chi connectivity index (χ0) is 24.2. The molecular formula is C25H28N4O5. The molecule has 2 N–H and O–H groups in total. The number of amides is 2. The van der Waals surface area contributed by atoms with Gasteiger partial charge in [-0.25, -0.2) is 4.79 Å². The first-order valence-corrected chi connectivity index (χ1v) is 11.1. The molecule has 0 fully saturated rings. The summed E-state index contributed by atoms with van der Waals surface area (Å²) in [6, 6.07) is 11.6. The Hall–Kier alpha value is -4.01. The number of rotatable bonds is 8. The number of ether oxygens (including phenoxy) is 2. The van der Waals surface area contributed by atoms with Crippen molar-refractivity contribution < 1.29 is 23.9 Å². The number of methoxy groups -OCH3 is 2. The fraction of sp³-hybridized carbons (Fsp3) is 0.320. The van der Waals surface area contributed by atoms with Crippen LogP contribution in [-0.2, 0) is 0 Å². The average Bonchev–Trinajstić information content (AvgIpc) is 3.33. The van der Waals surface area contributed by atoms with Crippen molar-refractivity contribution >= 4 is 11.6 Å². The van der Waals surface area contributed by atoms with Crippen LogP contribution in [0.4, 0.5) is 4.79 Å². The van der Waals surface area contributed by atoms with Gasteiger partial charge in [-0.3, -0.25) is 4.90 Å². The van der Waals surface area contributed by atoms with Crippen LogP contribution in [0.2, 0.25) is 0 Å². The van der Waals surface area contributed by atoms with Crippen molar-refractivity contribution in [2.24, 2.45) is 0 Å². The molecule has 0 aliphatic carbocycles. The molecule has 2 amide bonds. The summed E-state index contributed by atoms with van der Waals surface area (Å²) in [4.78, 5) is 19.3. The second-order valence-corrected chi connectivity index (χ2v) is 7.97. The first-order valence-electron chi connectivity index (χ1n) is 11.1. The van der Waals surface area contributed by atoms with Gasteiger partial charge in [-0.05, 0) is 55.3 Å². The number of aromatic hydroxyl groups is 1. The van der Waals surface area contributed by atoms with Gasteiger partial charge < -0.3 is 24.4 Å². The smallest absolute Gasteiger partial charge is 0.322 e. The highest BCUT2D eigenvalue weighted by Gasteiger charge is 2.35. The molecule has 1 atom stereocenters. The first-order chi connectivity index (χ1) is 16.5. The SMILES string of the molecule is CCCCN1C(=O)NC(c2ccc(OC)c(O)c2)C(c2nc(-c3ccc(OC)cc3)no2)=C1C. The van der Waals surface area contributed by atoms with E-state index in [0.29, 0.717) is 35.1 Å². The van der Waals surface area contributed by atoms with Crippen LogP contribution in [0.1, 0.15) is 44.2 Å². The Bertz CT molecular complexity index is 1200. The maximum Gasteiger partial charge on any atom is 0.322 e. The van der Waals surface area contributed by atoms with E-state index >= 15 is 0 Å². The standard InChI is InChI=1S/C25H28N4O5/c1-5-6-13-29-15(2)21(22(26-25(29)31)17-9-12-20(33-4)19(30)14-17)24-27-23(28-34-24)16-7-10-18(32-3)11-8-16/h7-12,14,22,30H,5-6,13H2,1-4H3,(H,26,31). The number of aromatic nitrogens is 2. The fourth-order valence-electron chi connectivity index (χ4n) is 3.97. The second kappa shape index (κ2) is 9.86. The van der Waals surface area contributed by atoms with E-state index in [1.807, 2.05) is 31.2 Å². The molecule has 1 aromatic heterocycles. The third-order valence-electron chi connectivity index (χ3n) is 5.87. The summed E-state index contributed by atoms with van der Waals surface area (Å²) in [5, 5.41) is 17.5. The van der Waals surface area contributed by atoms with Crippen molar-refractivity contribution in [3.63, 3.8) is 0 Å². The summed E-state index contributed by atoms with van der Waals surface area (Å²) >= 11 is 0. The number of hydrogen-bond acceptors (Lipinski definition) is 7. The van der Waals surface area contributed by atoms with Crippen LogP contribution in [0.3, 0.4) is 0 Å². The van der Waals surface area contributed by atoms with Gasteiger partial charge in [0.1, 0.15) is 5.75 Å². The van der Waals surface area contributed by atoms with Gasteiger partial charge in [0.2, 0.25) is 5.82 Å². The summed E-state index contributed by atoms with van der Waals surface area (Å²) in [6.07, 6.45) is 1.80. The molecule has 0 saturated heterocycles. The summed E-state index contributed by atoms with van der Waals surface area (Å²) in [7, 11) is 3.09. The monoisotopic (exact) mass is 464 g/mol. The molecule has 9 nitrogen and oxygen atoms in total. The molecule has 34 heavy (non-hydrogen) atoms. The average molecular weight is 465 g/mol. The number of benzene rings is 2. The quantitative estimate of drug-likeness (QED) is 0.495. The highest BCUT2D eigenvalue weighted by atomic mass is 16.5. The molecule has 3 aromatic rings. The lowest BCUT2D eigenvalue weighted by Crippen LogP contribution is -2.46. The van der Waals surface area contributed by atoms with Crippen LogP contribution in [-0.4, -0.2) is 46.9 Å². The third-order valence-corrected chi connectivity index (χ3v) is 5.87. The highest BCUT2D eigenvalue weighted by Crippen LogP contribution is 2.39. The molecule has 2 aromatic carbocycles. The Kier molecular flexibility index (Phi) is 6.72. The van der Waals surface area contributed by atoms with Crippen molar-refractivity contribution in [1.29, 1.82) is 0 Å². The van der Waals surface area contributed by atoms with Crippen molar-refractivity contribution in [1.82, 2.24) is 20.4 Å². The van der Waals surface area contributed by atoms with Gasteiger partial charge in [0, 0.05) is 17.8 Å². The van der Waals surface area contributed by atoms with Gasteiger partial charge in [0.15, 0.2) is 11.5 Å². The maximum absolute atomic E-state index is 13.0. The van der Waals surface area contributed by atoms with Gasteiger partial charge in [-0.1, -0.05) is 24.6 Å². The van der Waals surface area contributed by atoms with Crippen LogP contribution >= 0.6 is 0 Å².